The highest BCUT2D eigenvalue weighted by Gasteiger charge is 2.33. The van der Waals surface area contributed by atoms with Gasteiger partial charge in [-0.3, -0.25) is 4.79 Å². The van der Waals surface area contributed by atoms with Crippen LogP contribution in [0.25, 0.3) is 0 Å². The van der Waals surface area contributed by atoms with Crippen molar-refractivity contribution in [2.75, 3.05) is 6.61 Å². The second-order valence-electron chi connectivity index (χ2n) is 5.54. The summed E-state index contributed by atoms with van der Waals surface area (Å²) in [7, 11) is 0. The smallest absolute Gasteiger partial charge is 0.258 e. The van der Waals surface area contributed by atoms with Gasteiger partial charge in [-0.25, -0.2) is 0 Å². The van der Waals surface area contributed by atoms with E-state index in [1.807, 2.05) is 18.2 Å². The van der Waals surface area contributed by atoms with Gasteiger partial charge in [0.15, 0.2) is 6.61 Å². The Labute approximate surface area is 135 Å². The van der Waals surface area contributed by atoms with Gasteiger partial charge in [0.25, 0.3) is 5.91 Å². The van der Waals surface area contributed by atoms with Crippen LogP contribution < -0.4 is 10.1 Å². The Bertz CT molecular complexity index is 623. The number of carbonyl (C=O) groups is 1. The maximum absolute atomic E-state index is 12.1. The Hall–Kier alpha value is -2.00. The predicted molar refractivity (Wildman–Crippen MR) is 87.0 cm³/mol. The summed E-state index contributed by atoms with van der Waals surface area (Å²) >= 11 is 5.82. The van der Waals surface area contributed by atoms with E-state index in [9.17, 15) is 4.79 Å². The minimum absolute atomic E-state index is 0.0116. The van der Waals surface area contributed by atoms with Crippen molar-refractivity contribution in [3.63, 3.8) is 0 Å². The SMILES string of the molecule is O=C(COc1ccc(Cl)cc1)NC(c1ccccc1)C1CC1. The van der Waals surface area contributed by atoms with Gasteiger partial charge in [-0.05, 0) is 48.6 Å². The van der Waals surface area contributed by atoms with Gasteiger partial charge in [0, 0.05) is 5.02 Å². The molecule has 1 N–H and O–H groups in total. The molecule has 2 aromatic carbocycles. The summed E-state index contributed by atoms with van der Waals surface area (Å²) in [6.07, 6.45) is 2.33. The van der Waals surface area contributed by atoms with Gasteiger partial charge in [-0.1, -0.05) is 41.9 Å². The van der Waals surface area contributed by atoms with Gasteiger partial charge in [-0.15, -0.1) is 0 Å². The number of hydrogen-bond donors (Lipinski definition) is 1. The van der Waals surface area contributed by atoms with Crippen LogP contribution in [0.15, 0.2) is 54.6 Å². The molecule has 1 aliphatic rings. The third kappa shape index (κ3) is 4.01. The van der Waals surface area contributed by atoms with Crippen LogP contribution in [0.1, 0.15) is 24.4 Å². The van der Waals surface area contributed by atoms with Gasteiger partial charge in [0.2, 0.25) is 0 Å². The first-order valence-corrected chi connectivity index (χ1v) is 7.83. The molecule has 0 spiro atoms. The van der Waals surface area contributed by atoms with Crippen LogP contribution in [-0.2, 0) is 4.79 Å². The minimum Gasteiger partial charge on any atom is -0.484 e. The highest BCUT2D eigenvalue weighted by Crippen LogP contribution is 2.40. The average Bonchev–Trinajstić information content (AvgIpc) is 3.38. The van der Waals surface area contributed by atoms with E-state index in [2.05, 4.69) is 17.4 Å². The van der Waals surface area contributed by atoms with E-state index in [1.165, 1.54) is 0 Å². The Kier molecular flexibility index (Phi) is 4.64. The molecule has 0 aromatic heterocycles. The zero-order valence-electron chi connectivity index (χ0n) is 12.2. The van der Waals surface area contributed by atoms with Crippen molar-refractivity contribution in [2.24, 2.45) is 5.92 Å². The van der Waals surface area contributed by atoms with E-state index >= 15 is 0 Å². The first-order chi connectivity index (χ1) is 10.7. The molecule has 3 rings (SSSR count). The van der Waals surface area contributed by atoms with Crippen LogP contribution in [0, 0.1) is 5.92 Å². The van der Waals surface area contributed by atoms with Crippen molar-refractivity contribution in [3.05, 3.63) is 65.2 Å². The fourth-order valence-corrected chi connectivity index (χ4v) is 2.58. The molecule has 2 aromatic rings. The number of nitrogens with one attached hydrogen (secondary N) is 1. The molecule has 0 saturated heterocycles. The summed E-state index contributed by atoms with van der Waals surface area (Å²) in [6.45, 7) is 0.0116. The zero-order valence-corrected chi connectivity index (χ0v) is 12.9. The Balaban J connectivity index is 1.56. The molecule has 1 atom stereocenters. The molecule has 1 aliphatic carbocycles. The topological polar surface area (TPSA) is 38.3 Å². The van der Waals surface area contributed by atoms with Gasteiger partial charge >= 0.3 is 0 Å². The molecular formula is C18H18ClNO2. The number of hydrogen-bond acceptors (Lipinski definition) is 2. The molecule has 114 valence electrons. The van der Waals surface area contributed by atoms with E-state index < -0.39 is 0 Å². The van der Waals surface area contributed by atoms with Gasteiger partial charge < -0.3 is 10.1 Å². The predicted octanol–water partition coefficient (Wildman–Crippen LogP) is 3.99. The number of rotatable bonds is 6. The van der Waals surface area contributed by atoms with Crippen molar-refractivity contribution in [1.29, 1.82) is 0 Å². The standard InChI is InChI=1S/C18H18ClNO2/c19-15-8-10-16(11-9-15)22-12-17(21)20-18(14-6-7-14)13-4-2-1-3-5-13/h1-5,8-11,14,18H,6-7,12H2,(H,20,21). The summed E-state index contributed by atoms with van der Waals surface area (Å²) in [5.74, 6) is 1.08. The number of amides is 1. The first kappa shape index (κ1) is 14.9. The van der Waals surface area contributed by atoms with Crippen LogP contribution in [0.3, 0.4) is 0 Å². The highest BCUT2D eigenvalue weighted by molar-refractivity contribution is 6.30. The van der Waals surface area contributed by atoms with Crippen LogP contribution in [0.4, 0.5) is 0 Å². The van der Waals surface area contributed by atoms with Gasteiger partial charge in [0.05, 0.1) is 6.04 Å². The second-order valence-corrected chi connectivity index (χ2v) is 5.97. The lowest BCUT2D eigenvalue weighted by Crippen LogP contribution is -2.33. The minimum atomic E-state index is -0.101. The summed E-state index contributed by atoms with van der Waals surface area (Å²) in [4.78, 5) is 12.1. The lowest BCUT2D eigenvalue weighted by molar-refractivity contribution is -0.124. The maximum Gasteiger partial charge on any atom is 0.258 e. The fourth-order valence-electron chi connectivity index (χ4n) is 2.46. The Morgan fingerprint density at radius 3 is 2.45 bits per heavy atom. The molecule has 0 heterocycles. The molecule has 1 saturated carbocycles. The molecular weight excluding hydrogens is 298 g/mol. The molecule has 3 nitrogen and oxygen atoms in total. The van der Waals surface area contributed by atoms with Crippen molar-refractivity contribution >= 4 is 17.5 Å². The van der Waals surface area contributed by atoms with Gasteiger partial charge in [0.1, 0.15) is 5.75 Å². The van der Waals surface area contributed by atoms with Gasteiger partial charge in [-0.2, -0.15) is 0 Å². The largest absolute Gasteiger partial charge is 0.484 e. The van der Waals surface area contributed by atoms with Crippen LogP contribution in [0.2, 0.25) is 5.02 Å². The molecule has 22 heavy (non-hydrogen) atoms. The fraction of sp³-hybridized carbons (Fsp3) is 0.278. The van der Waals surface area contributed by atoms with E-state index in [0.717, 1.165) is 18.4 Å². The summed E-state index contributed by atoms with van der Waals surface area (Å²) in [6, 6.07) is 17.2. The summed E-state index contributed by atoms with van der Waals surface area (Å²) in [5, 5.41) is 3.73. The third-order valence-corrected chi connectivity index (χ3v) is 4.00. The normalized spacial score (nSPS) is 15.1. The quantitative estimate of drug-likeness (QED) is 0.875. The monoisotopic (exact) mass is 315 g/mol. The number of halogens is 1. The Morgan fingerprint density at radius 2 is 1.82 bits per heavy atom. The average molecular weight is 316 g/mol. The highest BCUT2D eigenvalue weighted by atomic mass is 35.5. The van der Waals surface area contributed by atoms with Crippen molar-refractivity contribution in [1.82, 2.24) is 5.32 Å². The summed E-state index contributed by atoms with van der Waals surface area (Å²) < 4.78 is 5.49. The van der Waals surface area contributed by atoms with E-state index in [4.69, 9.17) is 16.3 Å². The lowest BCUT2D eigenvalue weighted by atomic mass is 10.0. The molecule has 0 radical (unpaired) electrons. The van der Waals surface area contributed by atoms with E-state index in [1.54, 1.807) is 24.3 Å². The van der Waals surface area contributed by atoms with Crippen molar-refractivity contribution < 1.29 is 9.53 Å². The molecule has 1 unspecified atom stereocenters. The lowest BCUT2D eigenvalue weighted by Gasteiger charge is -2.19. The van der Waals surface area contributed by atoms with Crippen LogP contribution in [0.5, 0.6) is 5.75 Å². The summed E-state index contributed by atoms with van der Waals surface area (Å²) in [5.41, 5.74) is 1.16. The molecule has 0 aliphatic heterocycles. The van der Waals surface area contributed by atoms with Crippen molar-refractivity contribution in [3.8, 4) is 5.75 Å². The van der Waals surface area contributed by atoms with E-state index in [0.29, 0.717) is 16.7 Å². The molecule has 1 fully saturated rings. The van der Waals surface area contributed by atoms with Crippen molar-refractivity contribution in [2.45, 2.75) is 18.9 Å². The second kappa shape index (κ2) is 6.84. The Morgan fingerprint density at radius 1 is 1.14 bits per heavy atom. The third-order valence-electron chi connectivity index (χ3n) is 3.75. The zero-order chi connectivity index (χ0) is 15.4. The van der Waals surface area contributed by atoms with E-state index in [-0.39, 0.29) is 18.6 Å². The molecule has 1 amide bonds. The molecule has 4 heteroatoms. The van der Waals surface area contributed by atoms with Crippen LogP contribution in [-0.4, -0.2) is 12.5 Å². The van der Waals surface area contributed by atoms with Crippen LogP contribution >= 0.6 is 11.6 Å². The first-order valence-electron chi connectivity index (χ1n) is 7.45. The number of benzene rings is 2. The maximum atomic E-state index is 12.1. The number of carbonyl (C=O) groups excluding carboxylic acids is 1. The number of ether oxygens (including phenoxy) is 1. The molecule has 0 bridgehead atoms.